The molecule has 0 radical (unpaired) electrons. The summed E-state index contributed by atoms with van der Waals surface area (Å²) in [6.07, 6.45) is 1.14. The predicted octanol–water partition coefficient (Wildman–Crippen LogP) is 3.64. The highest BCUT2D eigenvalue weighted by molar-refractivity contribution is 7.89. The van der Waals surface area contributed by atoms with Crippen molar-refractivity contribution in [3.63, 3.8) is 0 Å². The van der Waals surface area contributed by atoms with E-state index >= 15 is 0 Å². The summed E-state index contributed by atoms with van der Waals surface area (Å²) in [7, 11) is -2.20. The number of nitrogens with one attached hydrogen (secondary N) is 1. The van der Waals surface area contributed by atoms with E-state index in [1.165, 1.54) is 4.31 Å². The van der Waals surface area contributed by atoms with Gasteiger partial charge in [-0.3, -0.25) is 4.79 Å². The van der Waals surface area contributed by atoms with Crippen molar-refractivity contribution in [3.05, 3.63) is 66.7 Å². The van der Waals surface area contributed by atoms with Crippen LogP contribution in [0.25, 0.3) is 10.8 Å². The van der Waals surface area contributed by atoms with Crippen LogP contribution in [0.15, 0.2) is 71.6 Å². The molecular weight excluding hydrogens is 388 g/mol. The van der Waals surface area contributed by atoms with E-state index in [9.17, 15) is 13.2 Å². The van der Waals surface area contributed by atoms with Crippen molar-refractivity contribution < 1.29 is 17.9 Å². The fraction of sp³-hybridized carbons (Fsp3) is 0.227. The molecule has 0 unspecified atom stereocenters. The zero-order valence-corrected chi connectivity index (χ0v) is 16.9. The van der Waals surface area contributed by atoms with E-state index in [2.05, 4.69) is 5.32 Å². The van der Waals surface area contributed by atoms with Crippen molar-refractivity contribution in [2.45, 2.75) is 23.8 Å². The number of benzene rings is 3. The topological polar surface area (TPSA) is 75.7 Å². The van der Waals surface area contributed by atoms with Gasteiger partial charge in [-0.25, -0.2) is 8.42 Å². The molecule has 0 aromatic heterocycles. The molecule has 0 saturated carbocycles. The van der Waals surface area contributed by atoms with Crippen LogP contribution in [0.3, 0.4) is 0 Å². The molecule has 0 spiro atoms. The lowest BCUT2D eigenvalue weighted by Crippen LogP contribution is -2.43. The third kappa shape index (κ3) is 3.83. The van der Waals surface area contributed by atoms with Crippen molar-refractivity contribution in [2.24, 2.45) is 0 Å². The second-order valence-corrected chi connectivity index (χ2v) is 8.89. The molecule has 7 heteroatoms. The first-order valence-corrected chi connectivity index (χ1v) is 10.9. The Morgan fingerprint density at radius 2 is 1.76 bits per heavy atom. The van der Waals surface area contributed by atoms with E-state index in [1.54, 1.807) is 49.6 Å². The Kier molecular flexibility index (Phi) is 5.25. The van der Waals surface area contributed by atoms with Gasteiger partial charge in [0, 0.05) is 12.2 Å². The highest BCUT2D eigenvalue weighted by Crippen LogP contribution is 2.29. The van der Waals surface area contributed by atoms with Gasteiger partial charge in [0.05, 0.1) is 12.0 Å². The van der Waals surface area contributed by atoms with Crippen molar-refractivity contribution in [1.82, 2.24) is 4.31 Å². The SMILES string of the molecule is COc1ccc(NC(=O)[C@@H]2CCCN2S(=O)(=O)c2ccc3ccccc3c2)cc1. The lowest BCUT2D eigenvalue weighted by molar-refractivity contribution is -0.119. The summed E-state index contributed by atoms with van der Waals surface area (Å²) in [4.78, 5) is 13.0. The zero-order valence-electron chi connectivity index (χ0n) is 16.0. The minimum absolute atomic E-state index is 0.209. The average Bonchev–Trinajstić information content (AvgIpc) is 3.25. The highest BCUT2D eigenvalue weighted by atomic mass is 32.2. The number of methoxy groups -OCH3 is 1. The number of nitrogens with zero attached hydrogens (tertiary/aromatic N) is 1. The van der Waals surface area contributed by atoms with Crippen molar-refractivity contribution in [1.29, 1.82) is 0 Å². The first kappa shape index (κ1) is 19.4. The van der Waals surface area contributed by atoms with Crippen LogP contribution < -0.4 is 10.1 Å². The molecule has 0 aliphatic carbocycles. The molecule has 1 aliphatic rings. The molecule has 150 valence electrons. The van der Waals surface area contributed by atoms with E-state index in [0.29, 0.717) is 30.8 Å². The van der Waals surface area contributed by atoms with Crippen molar-refractivity contribution >= 4 is 32.4 Å². The number of carbonyl (C=O) groups excluding carboxylic acids is 1. The third-order valence-corrected chi connectivity index (χ3v) is 7.10. The van der Waals surface area contributed by atoms with Gasteiger partial charge in [0.1, 0.15) is 11.8 Å². The first-order valence-electron chi connectivity index (χ1n) is 9.44. The predicted molar refractivity (Wildman–Crippen MR) is 112 cm³/mol. The summed E-state index contributed by atoms with van der Waals surface area (Å²) in [6.45, 7) is 0.329. The van der Waals surface area contributed by atoms with Crippen LogP contribution in [0.1, 0.15) is 12.8 Å². The van der Waals surface area contributed by atoms with E-state index in [-0.39, 0.29) is 10.8 Å². The number of sulfonamides is 1. The highest BCUT2D eigenvalue weighted by Gasteiger charge is 2.39. The first-order chi connectivity index (χ1) is 14.0. The fourth-order valence-corrected chi connectivity index (χ4v) is 5.35. The Balaban J connectivity index is 1.57. The van der Waals surface area contributed by atoms with Gasteiger partial charge in [-0.05, 0) is 60.0 Å². The van der Waals surface area contributed by atoms with Gasteiger partial charge < -0.3 is 10.1 Å². The summed E-state index contributed by atoms with van der Waals surface area (Å²) >= 11 is 0. The number of carbonyl (C=O) groups is 1. The van der Waals surface area contributed by atoms with Gasteiger partial charge in [-0.1, -0.05) is 30.3 Å². The molecular formula is C22H22N2O4S. The Morgan fingerprint density at radius 1 is 1.03 bits per heavy atom. The molecule has 1 aliphatic heterocycles. The monoisotopic (exact) mass is 410 g/mol. The van der Waals surface area contributed by atoms with Crippen LogP contribution in [0.4, 0.5) is 5.69 Å². The summed E-state index contributed by atoms with van der Waals surface area (Å²) in [5.74, 6) is 0.362. The molecule has 1 fully saturated rings. The Labute approximate surface area is 170 Å². The van der Waals surface area contributed by atoms with Crippen LogP contribution in [-0.4, -0.2) is 38.3 Å². The molecule has 1 atom stereocenters. The average molecular weight is 410 g/mol. The molecule has 1 N–H and O–H groups in total. The summed E-state index contributed by atoms with van der Waals surface area (Å²) in [6, 6.07) is 18.9. The number of anilines is 1. The molecule has 6 nitrogen and oxygen atoms in total. The largest absolute Gasteiger partial charge is 0.497 e. The van der Waals surface area contributed by atoms with Crippen molar-refractivity contribution in [3.8, 4) is 5.75 Å². The van der Waals surface area contributed by atoms with Crippen LogP contribution >= 0.6 is 0 Å². The quantitative estimate of drug-likeness (QED) is 0.697. The molecule has 1 heterocycles. The number of hydrogen-bond acceptors (Lipinski definition) is 4. The number of hydrogen-bond donors (Lipinski definition) is 1. The van der Waals surface area contributed by atoms with Gasteiger partial charge in [0.2, 0.25) is 15.9 Å². The zero-order chi connectivity index (χ0) is 20.4. The maximum atomic E-state index is 13.3. The maximum Gasteiger partial charge on any atom is 0.243 e. The minimum Gasteiger partial charge on any atom is -0.497 e. The molecule has 29 heavy (non-hydrogen) atoms. The normalized spacial score (nSPS) is 17.3. The van der Waals surface area contributed by atoms with E-state index in [0.717, 1.165) is 10.8 Å². The molecule has 3 aromatic rings. The van der Waals surface area contributed by atoms with Crippen LogP contribution in [0.5, 0.6) is 5.75 Å². The molecule has 4 rings (SSSR count). The molecule has 3 aromatic carbocycles. The smallest absolute Gasteiger partial charge is 0.243 e. The molecule has 0 bridgehead atoms. The third-order valence-electron chi connectivity index (χ3n) is 5.19. The summed E-state index contributed by atoms with van der Waals surface area (Å²) in [5, 5.41) is 4.65. The molecule has 1 amide bonds. The second kappa shape index (κ2) is 7.85. The van der Waals surface area contributed by atoms with E-state index in [1.807, 2.05) is 24.3 Å². The van der Waals surface area contributed by atoms with E-state index in [4.69, 9.17) is 4.74 Å². The maximum absolute atomic E-state index is 13.3. The lowest BCUT2D eigenvalue weighted by atomic mass is 10.1. The number of rotatable bonds is 5. The Morgan fingerprint density at radius 3 is 2.48 bits per heavy atom. The van der Waals surface area contributed by atoms with Gasteiger partial charge in [0.15, 0.2) is 0 Å². The Bertz CT molecular complexity index is 1140. The van der Waals surface area contributed by atoms with Crippen LogP contribution in [0.2, 0.25) is 0 Å². The number of fused-ring (bicyclic) bond motifs is 1. The van der Waals surface area contributed by atoms with Gasteiger partial charge >= 0.3 is 0 Å². The lowest BCUT2D eigenvalue weighted by Gasteiger charge is -2.23. The van der Waals surface area contributed by atoms with Gasteiger partial charge in [-0.2, -0.15) is 4.31 Å². The van der Waals surface area contributed by atoms with E-state index < -0.39 is 16.1 Å². The van der Waals surface area contributed by atoms with Gasteiger partial charge in [-0.15, -0.1) is 0 Å². The number of ether oxygens (including phenoxy) is 1. The fourth-order valence-electron chi connectivity index (χ4n) is 3.65. The summed E-state index contributed by atoms with van der Waals surface area (Å²) in [5.41, 5.74) is 0.603. The van der Waals surface area contributed by atoms with Crippen LogP contribution in [0, 0.1) is 0 Å². The molecule has 1 saturated heterocycles. The second-order valence-electron chi connectivity index (χ2n) is 7.00. The minimum atomic E-state index is -3.77. The van der Waals surface area contributed by atoms with Crippen LogP contribution in [-0.2, 0) is 14.8 Å². The standard InChI is InChI=1S/C22H22N2O4S/c1-28-19-11-9-18(10-12-19)23-22(25)21-7-4-14-24(21)29(26,27)20-13-8-16-5-2-3-6-17(16)15-20/h2-3,5-6,8-13,15,21H,4,7,14H2,1H3,(H,23,25)/t21-/m0/s1. The Hall–Kier alpha value is -2.90. The summed E-state index contributed by atoms with van der Waals surface area (Å²) < 4.78 is 32.9. The number of amides is 1. The van der Waals surface area contributed by atoms with Crippen molar-refractivity contribution in [2.75, 3.05) is 19.0 Å². The van der Waals surface area contributed by atoms with Gasteiger partial charge in [0.25, 0.3) is 0 Å².